The average molecular weight is 570 g/mol. The summed E-state index contributed by atoms with van der Waals surface area (Å²) in [5.41, 5.74) is 3.15. The van der Waals surface area contributed by atoms with Gasteiger partial charge in [-0.3, -0.25) is 0 Å². The standard InChI is InChI=1S/C31H56N.HI/c1-5-7-8-9-10-11-12-13-14-15-16-17-18-28-19-21-29(22-20-28)30-23-25-31(26-24-30)32(3,4)27-6-2;/h19-22,30-31H,5-18,23-27H2,1-4H3;1H/q+1;/p-1. The van der Waals surface area contributed by atoms with E-state index in [0.29, 0.717) is 0 Å². The summed E-state index contributed by atoms with van der Waals surface area (Å²) in [6, 6.07) is 10.6. The first-order valence-electron chi connectivity index (χ1n) is 14.5. The van der Waals surface area contributed by atoms with Gasteiger partial charge in [-0.2, -0.15) is 0 Å². The minimum absolute atomic E-state index is 0. The van der Waals surface area contributed by atoms with Gasteiger partial charge in [0.15, 0.2) is 0 Å². The number of hydrogen-bond donors (Lipinski definition) is 0. The Morgan fingerprint density at radius 3 is 1.61 bits per heavy atom. The summed E-state index contributed by atoms with van der Waals surface area (Å²) >= 11 is 0. The summed E-state index contributed by atoms with van der Waals surface area (Å²) in [7, 11) is 4.89. The fraction of sp³-hybridized carbons (Fsp3) is 0.806. The quantitative estimate of drug-likeness (QED) is 0.115. The Morgan fingerprint density at radius 2 is 1.12 bits per heavy atom. The Balaban J connectivity index is 0.00000544. The topological polar surface area (TPSA) is 0 Å². The van der Waals surface area contributed by atoms with E-state index in [0.717, 1.165) is 12.0 Å². The zero-order valence-corrected chi connectivity index (χ0v) is 24.9. The lowest BCUT2D eigenvalue weighted by Crippen LogP contribution is -3.00. The summed E-state index contributed by atoms with van der Waals surface area (Å²) in [4.78, 5) is 0. The lowest BCUT2D eigenvalue weighted by Gasteiger charge is -2.41. The van der Waals surface area contributed by atoms with Crippen molar-refractivity contribution >= 4 is 0 Å². The number of unbranched alkanes of at least 4 members (excludes halogenated alkanes) is 11. The normalized spacial score (nSPS) is 18.8. The lowest BCUT2D eigenvalue weighted by atomic mass is 9.80. The van der Waals surface area contributed by atoms with E-state index in [2.05, 4.69) is 52.2 Å². The molecule has 0 bridgehead atoms. The molecule has 33 heavy (non-hydrogen) atoms. The Bertz CT molecular complexity index is 571. The molecule has 192 valence electrons. The van der Waals surface area contributed by atoms with Crippen LogP contribution in [0.1, 0.15) is 140 Å². The molecule has 1 aromatic rings. The van der Waals surface area contributed by atoms with Gasteiger partial charge >= 0.3 is 0 Å². The molecule has 0 amide bonds. The summed E-state index contributed by atoms with van der Waals surface area (Å²) in [6.45, 7) is 5.95. The van der Waals surface area contributed by atoms with Crippen LogP contribution in [0.2, 0.25) is 0 Å². The number of quaternary nitrogens is 1. The van der Waals surface area contributed by atoms with E-state index in [1.54, 1.807) is 11.1 Å². The third-order valence-corrected chi connectivity index (χ3v) is 8.26. The molecule has 1 aromatic carbocycles. The molecule has 1 fully saturated rings. The van der Waals surface area contributed by atoms with Crippen LogP contribution in [0.5, 0.6) is 0 Å². The van der Waals surface area contributed by atoms with Crippen LogP contribution in [0, 0.1) is 0 Å². The van der Waals surface area contributed by atoms with Crippen LogP contribution < -0.4 is 24.0 Å². The van der Waals surface area contributed by atoms with Gasteiger partial charge < -0.3 is 28.5 Å². The Hall–Kier alpha value is -0.0900. The van der Waals surface area contributed by atoms with Gasteiger partial charge in [-0.05, 0) is 49.1 Å². The molecule has 1 nitrogen and oxygen atoms in total. The molecule has 1 saturated carbocycles. The maximum absolute atomic E-state index is 2.45. The Morgan fingerprint density at radius 1 is 0.636 bits per heavy atom. The van der Waals surface area contributed by atoms with E-state index in [1.807, 2.05) is 0 Å². The minimum Gasteiger partial charge on any atom is -1.00 e. The molecule has 0 radical (unpaired) electrons. The van der Waals surface area contributed by atoms with Crippen LogP contribution >= 0.6 is 0 Å². The summed E-state index contributed by atoms with van der Waals surface area (Å²) in [5, 5.41) is 0. The molecular weight excluding hydrogens is 513 g/mol. The lowest BCUT2D eigenvalue weighted by molar-refractivity contribution is -0.916. The first-order chi connectivity index (χ1) is 15.6. The van der Waals surface area contributed by atoms with Crippen molar-refractivity contribution in [3.63, 3.8) is 0 Å². The van der Waals surface area contributed by atoms with Gasteiger partial charge in [0.25, 0.3) is 0 Å². The van der Waals surface area contributed by atoms with E-state index < -0.39 is 0 Å². The monoisotopic (exact) mass is 569 g/mol. The summed E-state index contributed by atoms with van der Waals surface area (Å²) in [5.74, 6) is 0.800. The molecule has 0 atom stereocenters. The van der Waals surface area contributed by atoms with Crippen molar-refractivity contribution in [3.8, 4) is 0 Å². The second-order valence-corrected chi connectivity index (χ2v) is 11.4. The van der Waals surface area contributed by atoms with Crippen molar-refractivity contribution in [1.29, 1.82) is 0 Å². The van der Waals surface area contributed by atoms with Gasteiger partial charge in [-0.25, -0.2) is 0 Å². The molecule has 0 saturated heterocycles. The maximum Gasteiger partial charge on any atom is 0.0886 e. The third kappa shape index (κ3) is 12.4. The van der Waals surface area contributed by atoms with Gasteiger partial charge in [0.1, 0.15) is 0 Å². The van der Waals surface area contributed by atoms with Crippen molar-refractivity contribution < 1.29 is 28.5 Å². The van der Waals surface area contributed by atoms with E-state index in [-0.39, 0.29) is 24.0 Å². The number of benzene rings is 1. The van der Waals surface area contributed by atoms with Gasteiger partial charge in [-0.1, -0.05) is 109 Å². The van der Waals surface area contributed by atoms with Crippen molar-refractivity contribution in [1.82, 2.24) is 0 Å². The fourth-order valence-electron chi connectivity index (χ4n) is 5.99. The van der Waals surface area contributed by atoms with Crippen LogP contribution in [0.3, 0.4) is 0 Å². The second kappa shape index (κ2) is 18.2. The van der Waals surface area contributed by atoms with Gasteiger partial charge in [-0.15, -0.1) is 0 Å². The average Bonchev–Trinajstić information content (AvgIpc) is 2.80. The van der Waals surface area contributed by atoms with Crippen molar-refractivity contribution in [2.24, 2.45) is 0 Å². The number of halogens is 1. The van der Waals surface area contributed by atoms with E-state index in [9.17, 15) is 0 Å². The molecule has 1 aliphatic carbocycles. The zero-order valence-electron chi connectivity index (χ0n) is 22.7. The Labute approximate surface area is 225 Å². The first-order valence-corrected chi connectivity index (χ1v) is 14.5. The predicted octanol–water partition coefficient (Wildman–Crippen LogP) is 6.45. The van der Waals surface area contributed by atoms with E-state index in [4.69, 9.17) is 0 Å². The van der Waals surface area contributed by atoms with Gasteiger partial charge in [0, 0.05) is 12.8 Å². The summed E-state index contributed by atoms with van der Waals surface area (Å²) < 4.78 is 1.22. The second-order valence-electron chi connectivity index (χ2n) is 11.4. The Kier molecular flexibility index (Phi) is 17.1. The molecule has 2 heteroatoms. The first kappa shape index (κ1) is 30.9. The molecule has 0 N–H and O–H groups in total. The molecule has 0 unspecified atom stereocenters. The molecule has 0 aliphatic heterocycles. The number of hydrogen-bond acceptors (Lipinski definition) is 0. The highest BCUT2D eigenvalue weighted by atomic mass is 127. The predicted molar refractivity (Wildman–Crippen MR) is 143 cm³/mol. The fourth-order valence-corrected chi connectivity index (χ4v) is 5.99. The van der Waals surface area contributed by atoms with Crippen LogP contribution in [0.15, 0.2) is 24.3 Å². The third-order valence-electron chi connectivity index (χ3n) is 8.26. The molecule has 0 spiro atoms. The minimum atomic E-state index is 0. The highest BCUT2D eigenvalue weighted by molar-refractivity contribution is 5.26. The van der Waals surface area contributed by atoms with Crippen LogP contribution in [0.25, 0.3) is 0 Å². The number of aryl methyl sites for hydroxylation is 1. The highest BCUT2D eigenvalue weighted by Gasteiger charge is 2.32. The zero-order chi connectivity index (χ0) is 23.1. The van der Waals surface area contributed by atoms with Crippen molar-refractivity contribution in [3.05, 3.63) is 35.4 Å². The molecular formula is C31H56IN. The molecule has 0 heterocycles. The maximum atomic E-state index is 2.45. The van der Waals surface area contributed by atoms with Crippen molar-refractivity contribution in [2.75, 3.05) is 20.6 Å². The molecule has 2 rings (SSSR count). The summed E-state index contributed by atoms with van der Waals surface area (Å²) in [6.07, 6.45) is 25.4. The van der Waals surface area contributed by atoms with E-state index >= 15 is 0 Å². The highest BCUT2D eigenvalue weighted by Crippen LogP contribution is 2.36. The van der Waals surface area contributed by atoms with Gasteiger partial charge in [0.05, 0.1) is 26.7 Å². The van der Waals surface area contributed by atoms with Crippen molar-refractivity contribution in [2.45, 2.75) is 141 Å². The number of rotatable bonds is 17. The molecule has 1 aliphatic rings. The SMILES string of the molecule is CCCCCCCCCCCCCCc1ccc(C2CCC([N+](C)(C)CCC)CC2)cc1.[I-]. The van der Waals surface area contributed by atoms with E-state index in [1.165, 1.54) is 127 Å². The van der Waals surface area contributed by atoms with Gasteiger partial charge in [0.2, 0.25) is 0 Å². The molecule has 0 aromatic heterocycles. The van der Waals surface area contributed by atoms with Crippen LogP contribution in [-0.4, -0.2) is 31.2 Å². The largest absolute Gasteiger partial charge is 1.00 e. The number of nitrogens with zero attached hydrogens (tertiary/aromatic N) is 1. The van der Waals surface area contributed by atoms with Crippen LogP contribution in [0.4, 0.5) is 0 Å². The smallest absolute Gasteiger partial charge is 0.0886 e. The van der Waals surface area contributed by atoms with Crippen LogP contribution in [-0.2, 0) is 6.42 Å².